The number of carbonyl (C=O) groups is 1. The highest BCUT2D eigenvalue weighted by Gasteiger charge is 2.28. The Hall–Kier alpha value is -1.55. The Balaban J connectivity index is 2.35. The summed E-state index contributed by atoms with van der Waals surface area (Å²) in [6, 6.07) is 8.11. The molecule has 112 valence electrons. The van der Waals surface area contributed by atoms with Gasteiger partial charge in [0.25, 0.3) is 0 Å². The molecule has 4 nitrogen and oxygen atoms in total. The third kappa shape index (κ3) is 5.21. The molecule has 0 aromatic heterocycles. The van der Waals surface area contributed by atoms with E-state index >= 15 is 0 Å². The standard InChI is InChI=1S/C16H25NO3/c1-12-6-8-14(9-7-12)20-10-13(2)17-11-16(3,4)15(18)19-5/h6-9,13,17H,10-11H2,1-5H3. The van der Waals surface area contributed by atoms with E-state index in [4.69, 9.17) is 9.47 Å². The van der Waals surface area contributed by atoms with Crippen LogP contribution < -0.4 is 10.1 Å². The van der Waals surface area contributed by atoms with Crippen LogP contribution in [0.2, 0.25) is 0 Å². The predicted molar refractivity (Wildman–Crippen MR) is 79.9 cm³/mol. The van der Waals surface area contributed by atoms with Gasteiger partial charge in [-0.3, -0.25) is 4.79 Å². The molecule has 0 fully saturated rings. The largest absolute Gasteiger partial charge is 0.492 e. The molecule has 20 heavy (non-hydrogen) atoms. The second-order valence-electron chi connectivity index (χ2n) is 5.78. The maximum atomic E-state index is 11.6. The van der Waals surface area contributed by atoms with E-state index in [1.54, 1.807) is 0 Å². The summed E-state index contributed by atoms with van der Waals surface area (Å²) in [5.41, 5.74) is 0.677. The van der Waals surface area contributed by atoms with Crippen molar-refractivity contribution in [3.63, 3.8) is 0 Å². The molecule has 0 radical (unpaired) electrons. The molecule has 1 atom stereocenters. The monoisotopic (exact) mass is 279 g/mol. The molecule has 0 amide bonds. The van der Waals surface area contributed by atoms with E-state index in [-0.39, 0.29) is 12.0 Å². The van der Waals surface area contributed by atoms with Gasteiger partial charge in [0.1, 0.15) is 12.4 Å². The Labute approximate surface area is 121 Å². The van der Waals surface area contributed by atoms with Gasteiger partial charge in [0.15, 0.2) is 0 Å². The smallest absolute Gasteiger partial charge is 0.312 e. The highest BCUT2D eigenvalue weighted by atomic mass is 16.5. The molecule has 1 N–H and O–H groups in total. The van der Waals surface area contributed by atoms with E-state index in [1.165, 1.54) is 12.7 Å². The van der Waals surface area contributed by atoms with Gasteiger partial charge in [0.05, 0.1) is 12.5 Å². The lowest BCUT2D eigenvalue weighted by Crippen LogP contribution is -2.42. The molecule has 1 rings (SSSR count). The first-order valence-corrected chi connectivity index (χ1v) is 6.86. The van der Waals surface area contributed by atoms with E-state index < -0.39 is 5.41 Å². The van der Waals surface area contributed by atoms with E-state index in [9.17, 15) is 4.79 Å². The van der Waals surface area contributed by atoms with Gasteiger partial charge in [-0.1, -0.05) is 17.7 Å². The van der Waals surface area contributed by atoms with Crippen molar-refractivity contribution < 1.29 is 14.3 Å². The van der Waals surface area contributed by atoms with Crippen LogP contribution in [-0.2, 0) is 9.53 Å². The van der Waals surface area contributed by atoms with Crippen LogP contribution in [0.25, 0.3) is 0 Å². The summed E-state index contributed by atoms with van der Waals surface area (Å²) in [5.74, 6) is 0.646. The molecule has 1 aromatic carbocycles. The van der Waals surface area contributed by atoms with Crippen LogP contribution >= 0.6 is 0 Å². The van der Waals surface area contributed by atoms with Crippen LogP contribution in [-0.4, -0.2) is 32.3 Å². The highest BCUT2D eigenvalue weighted by Crippen LogP contribution is 2.16. The summed E-state index contributed by atoms with van der Waals surface area (Å²) in [4.78, 5) is 11.6. The second-order valence-corrected chi connectivity index (χ2v) is 5.78. The molecule has 0 aliphatic heterocycles. The van der Waals surface area contributed by atoms with Gasteiger partial charge in [0.2, 0.25) is 0 Å². The number of esters is 1. The molecular formula is C16H25NO3. The number of rotatable bonds is 7. The summed E-state index contributed by atoms with van der Waals surface area (Å²) in [6.45, 7) is 8.90. The lowest BCUT2D eigenvalue weighted by Gasteiger charge is -2.24. The first kappa shape index (κ1) is 16.5. The molecule has 0 aliphatic rings. The van der Waals surface area contributed by atoms with Gasteiger partial charge in [-0.15, -0.1) is 0 Å². The fraction of sp³-hybridized carbons (Fsp3) is 0.562. The van der Waals surface area contributed by atoms with Gasteiger partial charge in [-0.05, 0) is 39.8 Å². The number of hydrogen-bond acceptors (Lipinski definition) is 4. The average molecular weight is 279 g/mol. The molecule has 4 heteroatoms. The molecule has 1 aromatic rings. The number of methoxy groups -OCH3 is 1. The van der Waals surface area contributed by atoms with E-state index in [0.29, 0.717) is 13.2 Å². The minimum absolute atomic E-state index is 0.153. The van der Waals surface area contributed by atoms with Crippen LogP contribution in [0.4, 0.5) is 0 Å². The van der Waals surface area contributed by atoms with Gasteiger partial charge in [-0.25, -0.2) is 0 Å². The van der Waals surface area contributed by atoms with Crippen molar-refractivity contribution in [2.45, 2.75) is 33.7 Å². The summed E-state index contributed by atoms with van der Waals surface area (Å²) in [6.07, 6.45) is 0. The van der Waals surface area contributed by atoms with Crippen LogP contribution in [0.5, 0.6) is 5.75 Å². The normalized spacial score (nSPS) is 12.8. The maximum Gasteiger partial charge on any atom is 0.312 e. The predicted octanol–water partition coefficient (Wildman–Crippen LogP) is 2.55. The molecule has 0 aliphatic carbocycles. The van der Waals surface area contributed by atoms with E-state index in [1.807, 2.05) is 52.0 Å². The molecular weight excluding hydrogens is 254 g/mol. The van der Waals surface area contributed by atoms with Crippen molar-refractivity contribution in [2.24, 2.45) is 5.41 Å². The van der Waals surface area contributed by atoms with Crippen LogP contribution in [0.3, 0.4) is 0 Å². The maximum absolute atomic E-state index is 11.6. The number of hydrogen-bond donors (Lipinski definition) is 1. The van der Waals surface area contributed by atoms with E-state index in [2.05, 4.69) is 5.32 Å². The third-order valence-corrected chi connectivity index (χ3v) is 3.15. The zero-order valence-corrected chi connectivity index (χ0v) is 13.0. The number of aryl methyl sites for hydroxylation is 1. The van der Waals surface area contributed by atoms with Crippen molar-refractivity contribution >= 4 is 5.97 Å². The van der Waals surface area contributed by atoms with Crippen LogP contribution in [0, 0.1) is 12.3 Å². The van der Waals surface area contributed by atoms with Gasteiger partial charge in [-0.2, -0.15) is 0 Å². The highest BCUT2D eigenvalue weighted by molar-refractivity contribution is 5.76. The second kappa shape index (κ2) is 7.29. The molecule has 0 bridgehead atoms. The lowest BCUT2D eigenvalue weighted by molar-refractivity contribution is -0.150. The molecule has 1 unspecified atom stereocenters. The molecule has 0 saturated heterocycles. The fourth-order valence-corrected chi connectivity index (χ4v) is 1.69. The number of ether oxygens (including phenoxy) is 2. The average Bonchev–Trinajstić information content (AvgIpc) is 2.43. The lowest BCUT2D eigenvalue weighted by atomic mass is 9.93. The molecule has 0 spiro atoms. The topological polar surface area (TPSA) is 47.6 Å². The van der Waals surface area contributed by atoms with Crippen molar-refractivity contribution in [3.8, 4) is 5.75 Å². The number of benzene rings is 1. The Morgan fingerprint density at radius 2 is 1.90 bits per heavy atom. The summed E-state index contributed by atoms with van der Waals surface area (Å²) >= 11 is 0. The van der Waals surface area contributed by atoms with Crippen molar-refractivity contribution in [3.05, 3.63) is 29.8 Å². The fourth-order valence-electron chi connectivity index (χ4n) is 1.69. The van der Waals surface area contributed by atoms with Gasteiger partial charge >= 0.3 is 5.97 Å². The zero-order valence-electron chi connectivity index (χ0n) is 13.0. The van der Waals surface area contributed by atoms with Crippen molar-refractivity contribution in [1.29, 1.82) is 0 Å². The number of nitrogens with one attached hydrogen (secondary N) is 1. The Bertz CT molecular complexity index is 426. The van der Waals surface area contributed by atoms with Gasteiger partial charge in [0, 0.05) is 12.6 Å². The number of carbonyl (C=O) groups excluding carboxylic acids is 1. The zero-order chi connectivity index (χ0) is 15.2. The summed E-state index contributed by atoms with van der Waals surface area (Å²) in [7, 11) is 1.41. The van der Waals surface area contributed by atoms with Crippen molar-refractivity contribution in [1.82, 2.24) is 5.32 Å². The minimum atomic E-state index is -0.535. The minimum Gasteiger partial charge on any atom is -0.492 e. The molecule has 0 heterocycles. The van der Waals surface area contributed by atoms with Crippen LogP contribution in [0.15, 0.2) is 24.3 Å². The van der Waals surface area contributed by atoms with Crippen molar-refractivity contribution in [2.75, 3.05) is 20.3 Å². The molecule has 0 saturated carbocycles. The first-order chi connectivity index (χ1) is 9.35. The Kier molecular flexibility index (Phi) is 6.02. The third-order valence-electron chi connectivity index (χ3n) is 3.15. The summed E-state index contributed by atoms with van der Waals surface area (Å²) < 4.78 is 10.5. The quantitative estimate of drug-likeness (QED) is 0.779. The van der Waals surface area contributed by atoms with Gasteiger partial charge < -0.3 is 14.8 Å². The van der Waals surface area contributed by atoms with E-state index in [0.717, 1.165) is 5.75 Å². The Morgan fingerprint density at radius 1 is 1.30 bits per heavy atom. The SMILES string of the molecule is COC(=O)C(C)(C)CNC(C)COc1ccc(C)cc1. The first-order valence-electron chi connectivity index (χ1n) is 6.86. The Morgan fingerprint density at radius 3 is 2.45 bits per heavy atom. The van der Waals surface area contributed by atoms with Crippen LogP contribution in [0.1, 0.15) is 26.3 Å². The summed E-state index contributed by atoms with van der Waals surface area (Å²) in [5, 5.41) is 3.29.